The van der Waals surface area contributed by atoms with Crippen LogP contribution in [-0.2, 0) is 6.67 Å². The van der Waals surface area contributed by atoms with Gasteiger partial charge in [-0.05, 0) is 61.8 Å². The summed E-state index contributed by atoms with van der Waals surface area (Å²) in [7, 11) is 0. The van der Waals surface area contributed by atoms with Crippen molar-refractivity contribution in [3.63, 3.8) is 0 Å². The molecule has 30 heavy (non-hydrogen) atoms. The number of nitrogens with one attached hydrogen (secondary N) is 1. The lowest BCUT2D eigenvalue weighted by Crippen LogP contribution is -2.45. The van der Waals surface area contributed by atoms with E-state index in [0.29, 0.717) is 5.56 Å². The minimum atomic E-state index is 0.00485. The number of benzene rings is 2. The van der Waals surface area contributed by atoms with Crippen LogP contribution in [0.15, 0.2) is 60.9 Å². The Morgan fingerprint density at radius 1 is 1.10 bits per heavy atom. The maximum atomic E-state index is 12.4. The highest BCUT2D eigenvalue weighted by Gasteiger charge is 2.21. The van der Waals surface area contributed by atoms with E-state index in [4.69, 9.17) is 23.8 Å². The molecule has 0 spiro atoms. The van der Waals surface area contributed by atoms with Crippen molar-refractivity contribution in [2.24, 2.45) is 0 Å². The number of imidazole rings is 1. The van der Waals surface area contributed by atoms with Crippen molar-refractivity contribution in [3.05, 3.63) is 81.8 Å². The summed E-state index contributed by atoms with van der Waals surface area (Å²) < 4.78 is 4.84. The van der Waals surface area contributed by atoms with E-state index in [9.17, 15) is 4.79 Å². The predicted octanol–water partition coefficient (Wildman–Crippen LogP) is 4.82. The maximum absolute atomic E-state index is 12.4. The lowest BCUT2D eigenvalue weighted by atomic mass is 10.0. The fourth-order valence-electron chi connectivity index (χ4n) is 3.85. The van der Waals surface area contributed by atoms with Gasteiger partial charge in [-0.1, -0.05) is 35.9 Å². The van der Waals surface area contributed by atoms with E-state index in [1.807, 2.05) is 72.4 Å². The van der Waals surface area contributed by atoms with Gasteiger partial charge >= 0.3 is 0 Å². The minimum Gasteiger partial charge on any atom is -0.349 e. The molecule has 3 aromatic rings. The normalized spacial score (nSPS) is 15.3. The molecule has 5 nitrogen and oxygen atoms in total. The van der Waals surface area contributed by atoms with Crippen LogP contribution in [0.25, 0.3) is 5.69 Å². The van der Waals surface area contributed by atoms with Crippen LogP contribution in [0.3, 0.4) is 0 Å². The standard InChI is InChI=1S/C23H25ClN4OS/c1-17-20(24)8-5-9-21(17)28-15-14-27(23(28)30)16-26-12-10-19(11-13-26)25-22(29)18-6-3-2-4-7-18/h2-9,14-15,19H,10-13,16H2,1H3,(H,25,29). The zero-order chi connectivity index (χ0) is 21.1. The van der Waals surface area contributed by atoms with E-state index in [-0.39, 0.29) is 11.9 Å². The third kappa shape index (κ3) is 4.51. The Morgan fingerprint density at radius 3 is 2.57 bits per heavy atom. The average molecular weight is 441 g/mol. The highest BCUT2D eigenvalue weighted by atomic mass is 35.5. The number of piperidine rings is 1. The van der Waals surface area contributed by atoms with Gasteiger partial charge in [-0.2, -0.15) is 0 Å². The Kier molecular flexibility index (Phi) is 6.37. The molecule has 0 bridgehead atoms. The largest absolute Gasteiger partial charge is 0.349 e. The zero-order valence-electron chi connectivity index (χ0n) is 16.9. The molecular formula is C23H25ClN4OS. The Morgan fingerprint density at radius 2 is 1.83 bits per heavy atom. The molecule has 4 rings (SSSR count). The van der Waals surface area contributed by atoms with Gasteiger partial charge in [-0.25, -0.2) is 0 Å². The second-order valence-corrected chi connectivity index (χ2v) is 8.45. The summed E-state index contributed by atoms with van der Waals surface area (Å²) in [5.41, 5.74) is 2.74. The molecule has 0 radical (unpaired) electrons. The number of carbonyl (C=O) groups excluding carboxylic acids is 1. The first-order valence-corrected chi connectivity index (χ1v) is 10.9. The maximum Gasteiger partial charge on any atom is 0.251 e. The number of likely N-dealkylation sites (tertiary alicyclic amines) is 1. The molecule has 1 fully saturated rings. The second-order valence-electron chi connectivity index (χ2n) is 7.68. The molecule has 2 aromatic carbocycles. The van der Waals surface area contributed by atoms with Gasteiger partial charge in [-0.3, -0.25) is 14.3 Å². The summed E-state index contributed by atoms with van der Waals surface area (Å²) in [6.07, 6.45) is 5.87. The van der Waals surface area contributed by atoms with E-state index < -0.39 is 0 Å². The van der Waals surface area contributed by atoms with Gasteiger partial charge in [-0.15, -0.1) is 0 Å². The van der Waals surface area contributed by atoms with Crippen LogP contribution in [0.4, 0.5) is 0 Å². The highest BCUT2D eigenvalue weighted by Crippen LogP contribution is 2.23. The fraction of sp³-hybridized carbons (Fsp3) is 0.304. The monoisotopic (exact) mass is 440 g/mol. The molecule has 1 amide bonds. The van der Waals surface area contributed by atoms with Crippen molar-refractivity contribution in [1.82, 2.24) is 19.4 Å². The summed E-state index contributed by atoms with van der Waals surface area (Å²) in [6, 6.07) is 15.5. The number of hydrogen-bond donors (Lipinski definition) is 1. The van der Waals surface area contributed by atoms with Crippen molar-refractivity contribution in [1.29, 1.82) is 0 Å². The lowest BCUT2D eigenvalue weighted by Gasteiger charge is -2.32. The van der Waals surface area contributed by atoms with Gasteiger partial charge in [0.2, 0.25) is 0 Å². The Hall–Kier alpha value is -2.41. The smallest absolute Gasteiger partial charge is 0.251 e. The van der Waals surface area contributed by atoms with Gasteiger partial charge in [0.05, 0.1) is 12.4 Å². The molecule has 0 aliphatic carbocycles. The SMILES string of the molecule is Cc1c(Cl)cccc1-n1ccn(CN2CCC(NC(=O)c3ccccc3)CC2)c1=S. The second kappa shape index (κ2) is 9.16. The molecule has 1 aromatic heterocycles. The number of halogens is 1. The summed E-state index contributed by atoms with van der Waals surface area (Å²) in [5.74, 6) is 0.00485. The van der Waals surface area contributed by atoms with Gasteiger partial charge < -0.3 is 9.88 Å². The van der Waals surface area contributed by atoms with Crippen LogP contribution in [0.1, 0.15) is 28.8 Å². The van der Waals surface area contributed by atoms with Gasteiger partial charge in [0.15, 0.2) is 4.77 Å². The molecule has 1 aliphatic rings. The van der Waals surface area contributed by atoms with Crippen LogP contribution >= 0.6 is 23.8 Å². The molecule has 1 saturated heterocycles. The van der Waals surface area contributed by atoms with Crippen LogP contribution in [0, 0.1) is 11.7 Å². The van der Waals surface area contributed by atoms with Crippen molar-refractivity contribution >= 4 is 29.7 Å². The van der Waals surface area contributed by atoms with Gasteiger partial charge in [0.1, 0.15) is 0 Å². The van der Waals surface area contributed by atoms with Gasteiger partial charge in [0.25, 0.3) is 5.91 Å². The number of hydrogen-bond acceptors (Lipinski definition) is 3. The van der Waals surface area contributed by atoms with Crippen LogP contribution in [0.2, 0.25) is 5.02 Å². The van der Waals surface area contributed by atoms with E-state index in [1.54, 1.807) is 0 Å². The summed E-state index contributed by atoms with van der Waals surface area (Å²) >= 11 is 12.0. The molecule has 0 saturated carbocycles. The lowest BCUT2D eigenvalue weighted by molar-refractivity contribution is 0.0899. The number of carbonyl (C=O) groups is 1. The van der Waals surface area contributed by atoms with Crippen LogP contribution in [0.5, 0.6) is 0 Å². The van der Waals surface area contributed by atoms with Crippen LogP contribution in [-0.4, -0.2) is 39.1 Å². The average Bonchev–Trinajstić information content (AvgIpc) is 3.12. The topological polar surface area (TPSA) is 42.2 Å². The number of nitrogens with zero attached hydrogens (tertiary/aromatic N) is 3. The molecule has 0 atom stereocenters. The molecule has 2 heterocycles. The quantitative estimate of drug-likeness (QED) is 0.578. The van der Waals surface area contributed by atoms with Crippen molar-refractivity contribution in [3.8, 4) is 5.69 Å². The van der Waals surface area contributed by atoms with Gasteiger partial charge in [0, 0.05) is 42.1 Å². The molecule has 1 aliphatic heterocycles. The van der Waals surface area contributed by atoms with E-state index in [2.05, 4.69) is 14.8 Å². The molecule has 1 N–H and O–H groups in total. The minimum absolute atomic E-state index is 0.00485. The zero-order valence-corrected chi connectivity index (χ0v) is 18.5. The third-order valence-corrected chi connectivity index (χ3v) is 6.50. The fourth-order valence-corrected chi connectivity index (χ4v) is 4.30. The number of rotatable bonds is 5. The number of amides is 1. The van der Waals surface area contributed by atoms with E-state index in [1.165, 1.54) is 0 Å². The third-order valence-electron chi connectivity index (χ3n) is 5.66. The van der Waals surface area contributed by atoms with E-state index >= 15 is 0 Å². The predicted molar refractivity (Wildman–Crippen MR) is 123 cm³/mol. The molecule has 156 valence electrons. The first-order chi connectivity index (χ1) is 14.5. The first-order valence-electron chi connectivity index (χ1n) is 10.1. The summed E-state index contributed by atoms with van der Waals surface area (Å²) in [5, 5.41) is 3.90. The Balaban J connectivity index is 1.36. The molecule has 0 unspecified atom stereocenters. The highest BCUT2D eigenvalue weighted by molar-refractivity contribution is 7.71. The van der Waals surface area contributed by atoms with Crippen molar-refractivity contribution in [2.75, 3.05) is 13.1 Å². The van der Waals surface area contributed by atoms with Crippen LogP contribution < -0.4 is 5.32 Å². The van der Waals surface area contributed by atoms with Crippen molar-refractivity contribution < 1.29 is 4.79 Å². The first kappa shape index (κ1) is 20.8. The Bertz CT molecular complexity index is 1080. The van der Waals surface area contributed by atoms with E-state index in [0.717, 1.165) is 53.6 Å². The molecule has 7 heteroatoms. The summed E-state index contributed by atoms with van der Waals surface area (Å²) in [6.45, 7) is 4.59. The Labute approximate surface area is 186 Å². The number of aromatic nitrogens is 2. The molecular weight excluding hydrogens is 416 g/mol. The van der Waals surface area contributed by atoms with Crippen molar-refractivity contribution in [2.45, 2.75) is 32.5 Å². The summed E-state index contributed by atoms with van der Waals surface area (Å²) in [4.78, 5) is 14.7.